The van der Waals surface area contributed by atoms with Crippen LogP contribution in [0.25, 0.3) is 0 Å². The molecule has 2 heteroatoms. The first-order valence-electron chi connectivity index (χ1n) is 6.65. The summed E-state index contributed by atoms with van der Waals surface area (Å²) in [6.07, 6.45) is 0. The van der Waals surface area contributed by atoms with E-state index in [4.69, 9.17) is 10.4 Å². The van der Waals surface area contributed by atoms with Gasteiger partial charge in [0.05, 0.1) is 0 Å². The second-order valence-electron chi connectivity index (χ2n) is 2.21. The number of hydrogen-bond donors (Lipinski definition) is 0. The van der Waals surface area contributed by atoms with E-state index in [0.29, 0.717) is 0 Å². The van der Waals surface area contributed by atoms with Crippen molar-refractivity contribution >= 4 is 22.9 Å². The molecular formula is C6H18GeSi. The van der Waals surface area contributed by atoms with Gasteiger partial charge in [-0.15, -0.1) is 0 Å². The molecule has 0 aromatic rings. The standard InChI is InChI=1S/C6H18GeSi/c1-6(7(2)3)8(4)5/h6-8H,1-5H3/t6-/m1/s1/i4D3,5D3,7D,8D. The zero-order valence-corrected chi connectivity index (χ0v) is 8.68. The molecule has 0 aliphatic carbocycles. The zero-order valence-electron chi connectivity index (χ0n) is 13.6. The van der Waals surface area contributed by atoms with Crippen LogP contribution >= 0.6 is 0 Å². The van der Waals surface area contributed by atoms with Gasteiger partial charge in [-0.1, -0.05) is 0 Å². The summed E-state index contributed by atoms with van der Waals surface area (Å²) in [5, 5.41) is 0. The molecule has 0 amide bonds. The van der Waals surface area contributed by atoms with E-state index in [9.17, 15) is 0 Å². The molecule has 50 valence electrons. The molecule has 0 saturated carbocycles. The number of hydrogen-bond acceptors (Lipinski definition) is 0. The van der Waals surface area contributed by atoms with Crippen molar-refractivity contribution in [2.45, 2.75) is 35.8 Å². The fraction of sp³-hybridized carbons (Fsp3) is 1.00. The summed E-state index contributed by atoms with van der Waals surface area (Å²) in [6.45, 7) is -4.05. The third-order valence-corrected chi connectivity index (χ3v) is 10.6. The second-order valence-corrected chi connectivity index (χ2v) is 11.5. The van der Waals surface area contributed by atoms with Gasteiger partial charge >= 0.3 is 69.1 Å². The van der Waals surface area contributed by atoms with Crippen molar-refractivity contribution in [2.24, 2.45) is 0 Å². The van der Waals surface area contributed by atoms with Crippen LogP contribution in [0.2, 0.25) is 28.8 Å². The normalized spacial score (nSPS) is 35.9. The van der Waals surface area contributed by atoms with Crippen molar-refractivity contribution in [2.75, 3.05) is 0 Å². The Morgan fingerprint density at radius 2 is 2.25 bits per heavy atom. The molecule has 1 atom stereocenters. The van der Waals surface area contributed by atoms with Crippen molar-refractivity contribution in [1.29, 1.82) is 2.16 Å². The van der Waals surface area contributed by atoms with Gasteiger partial charge in [-0.05, 0) is 0 Å². The van der Waals surface area contributed by atoms with Gasteiger partial charge < -0.3 is 0 Å². The van der Waals surface area contributed by atoms with Crippen molar-refractivity contribution in [3.05, 3.63) is 0 Å². The maximum atomic E-state index is 8.03. The van der Waals surface area contributed by atoms with Crippen LogP contribution in [0.15, 0.2) is 0 Å². The molecule has 0 aromatic carbocycles. The molecule has 0 aromatic heterocycles. The van der Waals surface area contributed by atoms with Gasteiger partial charge in [0.15, 0.2) is 0 Å². The molecule has 0 saturated heterocycles. The van der Waals surface area contributed by atoms with E-state index in [1.807, 2.05) is 0 Å². The van der Waals surface area contributed by atoms with Crippen molar-refractivity contribution in [3.63, 3.8) is 0 Å². The van der Waals surface area contributed by atoms with E-state index in [1.165, 1.54) is 6.92 Å². The predicted molar refractivity (Wildman–Crippen MR) is 47.2 cm³/mol. The van der Waals surface area contributed by atoms with E-state index in [1.54, 1.807) is 11.5 Å². The molecule has 0 rings (SSSR count). The zero-order chi connectivity index (χ0) is 13.6. The molecule has 0 aliphatic heterocycles. The van der Waals surface area contributed by atoms with Crippen LogP contribution in [0.5, 0.6) is 0 Å². The first-order valence-corrected chi connectivity index (χ1v) is 9.64. The topological polar surface area (TPSA) is 0 Å². The van der Waals surface area contributed by atoms with Gasteiger partial charge in [0.1, 0.15) is 0 Å². The van der Waals surface area contributed by atoms with Crippen LogP contribution in [-0.4, -0.2) is 25.1 Å². The minimum absolute atomic E-state index is 0.785. The summed E-state index contributed by atoms with van der Waals surface area (Å²) in [4.78, 5) is 0. The molecule has 0 bridgehead atoms. The SMILES string of the molecule is [2H]C([2H])([2H])[Si]([2H])([C@H](C)[Ge]([2H])([CH3])[CH3])C([2H])([2H])[2H]. The average Bonchev–Trinajstić information content (AvgIpc) is 1.95. The summed E-state index contributed by atoms with van der Waals surface area (Å²) in [5.41, 5.74) is 0. The molecule has 0 radical (unpaired) electrons. The third-order valence-electron chi connectivity index (χ3n) is 1.30. The Morgan fingerprint density at radius 3 is 2.38 bits per heavy atom. The summed E-state index contributed by atoms with van der Waals surface area (Å²) >= 11 is -3.23. The van der Waals surface area contributed by atoms with Crippen LogP contribution in [-0.2, 0) is 0 Å². The average molecular weight is 199 g/mol. The third kappa shape index (κ3) is 2.92. The Bertz CT molecular complexity index is 237. The van der Waals surface area contributed by atoms with E-state index in [-0.39, 0.29) is 0 Å². The van der Waals surface area contributed by atoms with Gasteiger partial charge in [-0.2, -0.15) is 0 Å². The van der Waals surface area contributed by atoms with Crippen molar-refractivity contribution in [1.82, 2.24) is 0 Å². The van der Waals surface area contributed by atoms with E-state index in [0.717, 1.165) is 0 Å². The molecule has 0 nitrogen and oxygen atoms in total. The van der Waals surface area contributed by atoms with Crippen LogP contribution in [0.3, 0.4) is 0 Å². The summed E-state index contributed by atoms with van der Waals surface area (Å²) in [5.74, 6) is 3.27. The van der Waals surface area contributed by atoms with E-state index < -0.39 is 40.3 Å². The fourth-order valence-electron chi connectivity index (χ4n) is 0.289. The molecule has 0 N–H and O–H groups in total. The Kier molecular flexibility index (Phi) is 0.988. The minimum atomic E-state index is -4.25. The van der Waals surface area contributed by atoms with Crippen LogP contribution in [0, 0.1) is 0 Å². The van der Waals surface area contributed by atoms with E-state index >= 15 is 0 Å². The summed E-state index contributed by atoms with van der Waals surface area (Å²) in [7, 11) is -4.25. The molecule has 0 unspecified atom stereocenters. The van der Waals surface area contributed by atoms with Gasteiger partial charge in [0.2, 0.25) is 0 Å². The Hall–Kier alpha value is 0.760. The molecule has 0 fully saturated rings. The van der Waals surface area contributed by atoms with Gasteiger partial charge in [-0.3, -0.25) is 0 Å². The maximum absolute atomic E-state index is 8.03. The van der Waals surface area contributed by atoms with E-state index in [2.05, 4.69) is 0 Å². The molecule has 0 heterocycles. The Morgan fingerprint density at radius 1 is 1.75 bits per heavy atom. The van der Waals surface area contributed by atoms with Crippen LogP contribution in [0.4, 0.5) is 0 Å². The van der Waals surface area contributed by atoms with Crippen LogP contribution < -0.4 is 0 Å². The number of rotatable bonds is 2. The first-order chi connectivity index (χ1) is 6.65. The Balaban J connectivity index is 5.63. The molecule has 8 heavy (non-hydrogen) atoms. The summed E-state index contributed by atoms with van der Waals surface area (Å²) < 4.78 is 59.3. The first kappa shape index (κ1) is 2.12. The molecular weight excluding hydrogens is 173 g/mol. The quantitative estimate of drug-likeness (QED) is 0.595. The Labute approximate surface area is 69.9 Å². The predicted octanol–water partition coefficient (Wildman–Crippen LogP) is 1.89. The monoisotopic (exact) mass is 200 g/mol. The summed E-state index contributed by atoms with van der Waals surface area (Å²) in [6, 6.07) is 0. The fourth-order valence-corrected chi connectivity index (χ4v) is 4.50. The molecule has 0 spiro atoms. The second kappa shape index (κ2) is 3.72. The van der Waals surface area contributed by atoms with Crippen molar-refractivity contribution < 1.29 is 8.22 Å². The van der Waals surface area contributed by atoms with Gasteiger partial charge in [0, 0.05) is 0 Å². The van der Waals surface area contributed by atoms with Crippen molar-refractivity contribution in [3.8, 4) is 0 Å². The molecule has 0 aliphatic rings. The van der Waals surface area contributed by atoms with Crippen LogP contribution in [0.1, 0.15) is 15.1 Å². The van der Waals surface area contributed by atoms with Gasteiger partial charge in [0.25, 0.3) is 0 Å². The van der Waals surface area contributed by atoms with Gasteiger partial charge in [-0.25, -0.2) is 0 Å².